The Morgan fingerprint density at radius 3 is 3.00 bits per heavy atom. The minimum atomic E-state index is -0.238. The van der Waals surface area contributed by atoms with E-state index in [-0.39, 0.29) is 5.82 Å². The van der Waals surface area contributed by atoms with Crippen molar-refractivity contribution < 1.29 is 4.39 Å². The topological polar surface area (TPSA) is 24.9 Å². The Bertz CT molecular complexity index is 566. The lowest BCUT2D eigenvalue weighted by molar-refractivity contribution is 0.627. The second-order valence-corrected chi connectivity index (χ2v) is 6.14. The number of benzene rings is 1. The van der Waals surface area contributed by atoms with E-state index < -0.39 is 0 Å². The van der Waals surface area contributed by atoms with E-state index >= 15 is 0 Å². The summed E-state index contributed by atoms with van der Waals surface area (Å²) in [7, 11) is 0. The number of hydrogen-bond donors (Lipinski definition) is 1. The zero-order valence-corrected chi connectivity index (χ0v) is 12.0. The molecule has 0 unspecified atom stereocenters. The summed E-state index contributed by atoms with van der Waals surface area (Å²) in [5.74, 6) is -0.238. The van der Waals surface area contributed by atoms with Crippen LogP contribution in [-0.2, 0) is 6.54 Å². The van der Waals surface area contributed by atoms with E-state index in [4.69, 9.17) is 0 Å². The summed E-state index contributed by atoms with van der Waals surface area (Å²) in [6.07, 6.45) is 2.56. The molecule has 1 aromatic carbocycles. The van der Waals surface area contributed by atoms with Gasteiger partial charge >= 0.3 is 0 Å². The second-order valence-electron chi connectivity index (χ2n) is 4.42. The van der Waals surface area contributed by atoms with Crippen LogP contribution in [0.4, 0.5) is 4.39 Å². The van der Waals surface area contributed by atoms with Crippen LogP contribution in [0.15, 0.2) is 28.1 Å². The van der Waals surface area contributed by atoms with Crippen LogP contribution < -0.4 is 5.32 Å². The molecule has 3 rings (SSSR count). The van der Waals surface area contributed by atoms with Gasteiger partial charge in [-0.3, -0.25) is 0 Å². The molecule has 1 heterocycles. The van der Waals surface area contributed by atoms with Crippen molar-refractivity contribution in [1.82, 2.24) is 10.3 Å². The van der Waals surface area contributed by atoms with E-state index in [0.29, 0.717) is 6.04 Å². The molecule has 0 aliphatic heterocycles. The summed E-state index contributed by atoms with van der Waals surface area (Å²) in [4.78, 5) is 4.57. The molecule has 1 saturated carbocycles. The molecular formula is C13H12BrFN2S. The highest BCUT2D eigenvalue weighted by molar-refractivity contribution is 9.10. The molecule has 1 aliphatic carbocycles. The largest absolute Gasteiger partial charge is 0.308 e. The third-order valence-corrected chi connectivity index (χ3v) is 4.44. The Balaban J connectivity index is 1.78. The summed E-state index contributed by atoms with van der Waals surface area (Å²) in [6.45, 7) is 0.819. The first-order valence-electron chi connectivity index (χ1n) is 5.85. The predicted molar refractivity (Wildman–Crippen MR) is 75.1 cm³/mol. The second kappa shape index (κ2) is 5.07. The van der Waals surface area contributed by atoms with E-state index in [9.17, 15) is 4.39 Å². The van der Waals surface area contributed by atoms with Gasteiger partial charge in [-0.25, -0.2) is 9.37 Å². The lowest BCUT2D eigenvalue weighted by Gasteiger charge is -2.01. The summed E-state index contributed by atoms with van der Waals surface area (Å²) in [5.41, 5.74) is 2.00. The van der Waals surface area contributed by atoms with E-state index in [0.717, 1.165) is 27.3 Å². The van der Waals surface area contributed by atoms with Crippen molar-refractivity contribution in [2.45, 2.75) is 25.4 Å². The van der Waals surface area contributed by atoms with Crippen molar-refractivity contribution in [1.29, 1.82) is 0 Å². The van der Waals surface area contributed by atoms with E-state index in [1.165, 1.54) is 25.0 Å². The van der Waals surface area contributed by atoms with E-state index in [2.05, 4.69) is 31.6 Å². The number of nitrogens with zero attached hydrogens (tertiary/aromatic N) is 1. The number of hydrogen-bond acceptors (Lipinski definition) is 3. The number of nitrogens with one attached hydrogen (secondary N) is 1. The molecule has 0 amide bonds. The van der Waals surface area contributed by atoms with Crippen LogP contribution in [0.2, 0.25) is 0 Å². The number of rotatable bonds is 4. The van der Waals surface area contributed by atoms with Gasteiger partial charge in [-0.2, -0.15) is 0 Å². The first-order valence-corrected chi connectivity index (χ1v) is 7.53. The van der Waals surface area contributed by atoms with Crippen LogP contribution in [0.1, 0.15) is 18.5 Å². The average molecular weight is 327 g/mol. The molecule has 0 atom stereocenters. The Morgan fingerprint density at radius 1 is 1.44 bits per heavy atom. The smallest absolute Gasteiger partial charge is 0.124 e. The van der Waals surface area contributed by atoms with E-state index in [1.807, 2.05) is 0 Å². The monoisotopic (exact) mass is 326 g/mol. The highest BCUT2D eigenvalue weighted by Crippen LogP contribution is 2.31. The number of aromatic nitrogens is 1. The first-order chi connectivity index (χ1) is 8.72. The highest BCUT2D eigenvalue weighted by Gasteiger charge is 2.20. The maximum absolute atomic E-state index is 13.0. The fraction of sp³-hybridized carbons (Fsp3) is 0.308. The Morgan fingerprint density at radius 2 is 2.28 bits per heavy atom. The summed E-state index contributed by atoms with van der Waals surface area (Å²) in [6, 6.07) is 5.38. The van der Waals surface area contributed by atoms with Crippen molar-refractivity contribution in [3.05, 3.63) is 39.6 Å². The molecule has 1 aromatic heterocycles. The average Bonchev–Trinajstić information content (AvgIpc) is 3.05. The third kappa shape index (κ3) is 2.79. The molecule has 0 radical (unpaired) electrons. The molecule has 2 aromatic rings. The standard InChI is InChI=1S/C13H12BrFN2S/c14-12-5-8(15)1-4-11(12)13-17-10(7-18-13)6-16-9-2-3-9/h1,4-5,7,9,16H,2-3,6H2. The lowest BCUT2D eigenvalue weighted by atomic mass is 10.2. The van der Waals surface area contributed by atoms with Crippen molar-refractivity contribution in [3.63, 3.8) is 0 Å². The molecule has 0 bridgehead atoms. The van der Waals surface area contributed by atoms with Gasteiger partial charge in [0.2, 0.25) is 0 Å². The maximum atomic E-state index is 13.0. The maximum Gasteiger partial charge on any atom is 0.124 e. The van der Waals surface area contributed by atoms with Crippen molar-refractivity contribution in [3.8, 4) is 10.6 Å². The molecule has 5 heteroatoms. The van der Waals surface area contributed by atoms with Gasteiger partial charge in [-0.1, -0.05) is 0 Å². The van der Waals surface area contributed by atoms with Gasteiger partial charge < -0.3 is 5.32 Å². The van der Waals surface area contributed by atoms with Crippen LogP contribution in [-0.4, -0.2) is 11.0 Å². The van der Waals surface area contributed by atoms with Gasteiger partial charge in [0.1, 0.15) is 10.8 Å². The summed E-state index contributed by atoms with van der Waals surface area (Å²) >= 11 is 4.97. The Labute approximate surface area is 117 Å². The van der Waals surface area contributed by atoms with E-state index in [1.54, 1.807) is 17.4 Å². The van der Waals surface area contributed by atoms with Gasteiger partial charge in [0, 0.05) is 28.0 Å². The minimum absolute atomic E-state index is 0.238. The summed E-state index contributed by atoms with van der Waals surface area (Å²) < 4.78 is 13.8. The molecule has 1 N–H and O–H groups in total. The highest BCUT2D eigenvalue weighted by atomic mass is 79.9. The van der Waals surface area contributed by atoms with Crippen molar-refractivity contribution >= 4 is 27.3 Å². The van der Waals surface area contributed by atoms with Crippen molar-refractivity contribution in [2.75, 3.05) is 0 Å². The summed E-state index contributed by atoms with van der Waals surface area (Å²) in [5, 5.41) is 6.42. The Kier molecular flexibility index (Phi) is 3.46. The van der Waals surface area contributed by atoms with Crippen LogP contribution in [0, 0.1) is 5.82 Å². The molecule has 0 saturated heterocycles. The SMILES string of the molecule is Fc1ccc(-c2nc(CNC3CC3)cs2)c(Br)c1. The predicted octanol–water partition coefficient (Wildman–Crippen LogP) is 3.96. The van der Waals surface area contributed by atoms with Crippen LogP contribution >= 0.6 is 27.3 Å². The van der Waals surface area contributed by atoms with Crippen molar-refractivity contribution in [2.24, 2.45) is 0 Å². The van der Waals surface area contributed by atoms with Gasteiger partial charge in [0.25, 0.3) is 0 Å². The molecule has 1 aliphatic rings. The molecule has 94 valence electrons. The number of halogens is 2. The van der Waals surface area contributed by atoms with Gasteiger partial charge in [-0.15, -0.1) is 11.3 Å². The molecule has 0 spiro atoms. The van der Waals surface area contributed by atoms with Crippen LogP contribution in [0.25, 0.3) is 10.6 Å². The minimum Gasteiger partial charge on any atom is -0.308 e. The Hall–Kier alpha value is -0.780. The molecule has 18 heavy (non-hydrogen) atoms. The quantitative estimate of drug-likeness (QED) is 0.919. The van der Waals surface area contributed by atoms with Gasteiger partial charge in [-0.05, 0) is 47.0 Å². The molecular weight excluding hydrogens is 315 g/mol. The number of thiazole rings is 1. The first kappa shape index (κ1) is 12.3. The zero-order valence-electron chi connectivity index (χ0n) is 9.62. The van der Waals surface area contributed by atoms with Gasteiger partial charge in [0.05, 0.1) is 5.69 Å². The fourth-order valence-corrected chi connectivity index (χ4v) is 3.24. The zero-order chi connectivity index (χ0) is 12.5. The molecule has 2 nitrogen and oxygen atoms in total. The van der Waals surface area contributed by atoms with Gasteiger partial charge in [0.15, 0.2) is 0 Å². The van der Waals surface area contributed by atoms with Crippen LogP contribution in [0.5, 0.6) is 0 Å². The lowest BCUT2D eigenvalue weighted by Crippen LogP contribution is -2.15. The third-order valence-electron chi connectivity index (χ3n) is 2.86. The normalized spacial score (nSPS) is 15.0. The van der Waals surface area contributed by atoms with Crippen LogP contribution in [0.3, 0.4) is 0 Å². The fourth-order valence-electron chi connectivity index (χ4n) is 1.71. The molecule has 1 fully saturated rings.